The first-order valence-corrected chi connectivity index (χ1v) is 24.9. The molecule has 6 aromatic rings. The topological polar surface area (TPSA) is 32.6 Å². The standard InChI is InChI=1S/C12H8O.C12H8S.6C4H11N.4C2H6/c2*1-3-7-11-9(5-1)10-6-2-4-8-12(10)13-11;6*1-4-5(2)3;4*1-2/h2*1-8H;6*4H2,1-3H3;4*1-2H3. The highest BCUT2D eigenvalue weighted by Crippen LogP contribution is 2.33. The van der Waals surface area contributed by atoms with Crippen LogP contribution in [0, 0.1) is 0 Å². The van der Waals surface area contributed by atoms with E-state index in [-0.39, 0.29) is 0 Å². The van der Waals surface area contributed by atoms with Gasteiger partial charge in [0.1, 0.15) is 11.2 Å². The van der Waals surface area contributed by atoms with Gasteiger partial charge >= 0.3 is 0 Å². The Bertz CT molecular complexity index is 1490. The summed E-state index contributed by atoms with van der Waals surface area (Å²) in [4.78, 5) is 12.8. The summed E-state index contributed by atoms with van der Waals surface area (Å²) in [6.45, 7) is 35.6. The van der Waals surface area contributed by atoms with E-state index in [9.17, 15) is 0 Å². The first-order valence-electron chi connectivity index (χ1n) is 24.1. The lowest BCUT2D eigenvalue weighted by Crippen LogP contribution is -2.08. The first kappa shape index (κ1) is 72.3. The third kappa shape index (κ3) is 41.4. The predicted octanol–water partition coefficient (Wildman–Crippen LogP) is 15.2. The van der Waals surface area contributed by atoms with Gasteiger partial charge in [-0.05, 0) is 148 Å². The van der Waals surface area contributed by atoms with E-state index >= 15 is 0 Å². The number of fused-ring (bicyclic) bond motifs is 6. The monoisotopic (exact) mass is 911 g/mol. The predicted molar refractivity (Wildman–Crippen MR) is 304 cm³/mol. The van der Waals surface area contributed by atoms with E-state index in [1.807, 2.05) is 103 Å². The zero-order chi connectivity index (χ0) is 51.1. The Morgan fingerprint density at radius 1 is 0.297 bits per heavy atom. The van der Waals surface area contributed by atoms with Crippen molar-refractivity contribution in [2.24, 2.45) is 0 Å². The number of para-hydroxylation sites is 2. The van der Waals surface area contributed by atoms with Crippen LogP contribution in [0.3, 0.4) is 0 Å². The van der Waals surface area contributed by atoms with Crippen LogP contribution in [0.15, 0.2) is 101 Å². The van der Waals surface area contributed by atoms with Gasteiger partial charge in [-0.1, -0.05) is 170 Å². The smallest absolute Gasteiger partial charge is 0.135 e. The molecule has 0 saturated carbocycles. The van der Waals surface area contributed by atoms with Gasteiger partial charge in [0.2, 0.25) is 0 Å². The minimum absolute atomic E-state index is 0.962. The second-order valence-corrected chi connectivity index (χ2v) is 15.6. The quantitative estimate of drug-likeness (QED) is 0.165. The maximum atomic E-state index is 5.65. The van der Waals surface area contributed by atoms with Gasteiger partial charge < -0.3 is 33.8 Å². The van der Waals surface area contributed by atoms with Crippen LogP contribution in [0.5, 0.6) is 0 Å². The first-order chi connectivity index (χ1) is 30.5. The van der Waals surface area contributed by atoms with Crippen molar-refractivity contribution in [3.8, 4) is 0 Å². The Hall–Kier alpha value is -3.34. The molecule has 0 atom stereocenters. The van der Waals surface area contributed by atoms with E-state index < -0.39 is 0 Å². The third-order valence-electron chi connectivity index (χ3n) is 8.36. The Morgan fingerprint density at radius 2 is 0.469 bits per heavy atom. The molecule has 0 aliphatic heterocycles. The maximum Gasteiger partial charge on any atom is 0.135 e. The summed E-state index contributed by atoms with van der Waals surface area (Å²) in [6, 6.07) is 33.3. The maximum absolute atomic E-state index is 5.65. The summed E-state index contributed by atoms with van der Waals surface area (Å²) in [7, 11) is 24.7. The zero-order valence-electron chi connectivity index (χ0n) is 47.0. The average Bonchev–Trinajstić information content (AvgIpc) is 3.91. The van der Waals surface area contributed by atoms with Crippen LogP contribution in [0.25, 0.3) is 42.1 Å². The fourth-order valence-corrected chi connectivity index (χ4v) is 4.46. The van der Waals surface area contributed by atoms with Gasteiger partial charge in [0.15, 0.2) is 0 Å². The van der Waals surface area contributed by atoms with Gasteiger partial charge in [-0.25, -0.2) is 0 Å². The van der Waals surface area contributed by atoms with Crippen molar-refractivity contribution in [3.63, 3.8) is 0 Å². The molecule has 0 spiro atoms. The summed E-state index contributed by atoms with van der Waals surface area (Å²) in [5.41, 5.74) is 1.92. The molecule has 7 nitrogen and oxygen atoms in total. The summed E-state index contributed by atoms with van der Waals surface area (Å²) < 4.78 is 8.41. The minimum Gasteiger partial charge on any atom is -0.456 e. The molecular formula is C56H106N6OS. The van der Waals surface area contributed by atoms with Crippen molar-refractivity contribution in [3.05, 3.63) is 97.1 Å². The molecule has 6 rings (SSSR count). The zero-order valence-corrected chi connectivity index (χ0v) is 47.8. The van der Waals surface area contributed by atoms with E-state index in [4.69, 9.17) is 4.42 Å². The van der Waals surface area contributed by atoms with Gasteiger partial charge in [-0.3, -0.25) is 0 Å². The normalized spacial score (nSPS) is 9.38. The van der Waals surface area contributed by atoms with Crippen LogP contribution in [-0.4, -0.2) is 153 Å². The number of rotatable bonds is 6. The molecule has 372 valence electrons. The molecule has 0 unspecified atom stereocenters. The molecule has 64 heavy (non-hydrogen) atoms. The van der Waals surface area contributed by atoms with Crippen LogP contribution in [0.4, 0.5) is 0 Å². The molecule has 0 aliphatic carbocycles. The molecule has 0 aliphatic rings. The van der Waals surface area contributed by atoms with Crippen molar-refractivity contribution in [1.29, 1.82) is 0 Å². The lowest BCUT2D eigenvalue weighted by atomic mass is 10.2. The van der Waals surface area contributed by atoms with E-state index in [0.717, 1.165) is 50.4 Å². The van der Waals surface area contributed by atoms with Gasteiger partial charge in [0.25, 0.3) is 0 Å². The van der Waals surface area contributed by atoms with Crippen molar-refractivity contribution < 1.29 is 4.42 Å². The van der Waals surface area contributed by atoms with Crippen LogP contribution < -0.4 is 0 Å². The SMILES string of the molecule is CC.CC.CC.CC.CCN(C)C.CCN(C)C.CCN(C)C.CCN(C)C.CCN(C)C.CCN(C)C.c1ccc2c(c1)oc1ccccc12.c1ccc2c(c1)sc1ccccc12. The van der Waals surface area contributed by atoms with Crippen molar-refractivity contribution in [2.45, 2.75) is 96.9 Å². The molecule has 0 saturated heterocycles. The average molecular weight is 912 g/mol. The van der Waals surface area contributed by atoms with Crippen LogP contribution in [0.1, 0.15) is 96.9 Å². The molecule has 0 radical (unpaired) electrons. The number of benzene rings is 4. The lowest BCUT2D eigenvalue weighted by Gasteiger charge is -2.00. The number of thiophene rings is 1. The number of furan rings is 1. The fraction of sp³-hybridized carbons (Fsp3) is 0.571. The van der Waals surface area contributed by atoms with E-state index in [1.54, 1.807) is 0 Å². The molecular weight excluding hydrogens is 805 g/mol. The molecule has 2 heterocycles. The summed E-state index contributed by atoms with van der Waals surface area (Å²) >= 11 is 1.86. The molecule has 0 amide bonds. The van der Waals surface area contributed by atoms with Crippen LogP contribution >= 0.6 is 11.3 Å². The van der Waals surface area contributed by atoms with Crippen LogP contribution in [-0.2, 0) is 0 Å². The summed E-state index contributed by atoms with van der Waals surface area (Å²) in [5.74, 6) is 0. The molecule has 8 heteroatoms. The van der Waals surface area contributed by atoms with Crippen molar-refractivity contribution in [1.82, 2.24) is 29.4 Å². The Kier molecular flexibility index (Phi) is 59.0. The van der Waals surface area contributed by atoms with Gasteiger partial charge in [0.05, 0.1) is 0 Å². The number of hydrogen-bond donors (Lipinski definition) is 0. The molecule has 2 aromatic heterocycles. The summed E-state index contributed by atoms with van der Waals surface area (Å²) in [5, 5.41) is 5.14. The van der Waals surface area contributed by atoms with E-state index in [2.05, 4.69) is 216 Å². The highest BCUT2D eigenvalue weighted by Gasteiger charge is 2.03. The molecule has 0 N–H and O–H groups in total. The second-order valence-electron chi connectivity index (χ2n) is 14.6. The number of nitrogens with zero attached hydrogens (tertiary/aromatic N) is 6. The van der Waals surface area contributed by atoms with Gasteiger partial charge in [-0.2, -0.15) is 0 Å². The molecule has 4 aromatic carbocycles. The number of hydrogen-bond acceptors (Lipinski definition) is 8. The highest BCUT2D eigenvalue weighted by molar-refractivity contribution is 7.25. The minimum atomic E-state index is 0.962. The Labute approximate surface area is 403 Å². The largest absolute Gasteiger partial charge is 0.456 e. The molecule has 0 bridgehead atoms. The molecule has 0 fully saturated rings. The Morgan fingerprint density at radius 3 is 0.672 bits per heavy atom. The fourth-order valence-electron chi connectivity index (χ4n) is 3.35. The van der Waals surface area contributed by atoms with E-state index in [0.29, 0.717) is 0 Å². The van der Waals surface area contributed by atoms with Crippen LogP contribution in [0.2, 0.25) is 0 Å². The summed E-state index contributed by atoms with van der Waals surface area (Å²) in [6.07, 6.45) is 0. The van der Waals surface area contributed by atoms with Crippen molar-refractivity contribution in [2.75, 3.05) is 124 Å². The van der Waals surface area contributed by atoms with Gasteiger partial charge in [-0.15, -0.1) is 11.3 Å². The van der Waals surface area contributed by atoms with Gasteiger partial charge in [0, 0.05) is 30.9 Å². The third-order valence-corrected chi connectivity index (χ3v) is 9.51. The lowest BCUT2D eigenvalue weighted by molar-refractivity contribution is 0.434. The Balaban J connectivity index is -0.000000154. The van der Waals surface area contributed by atoms with E-state index in [1.165, 1.54) is 30.9 Å². The highest BCUT2D eigenvalue weighted by atomic mass is 32.1. The van der Waals surface area contributed by atoms with Crippen molar-refractivity contribution >= 4 is 53.4 Å². The second kappa shape index (κ2) is 52.3.